The van der Waals surface area contributed by atoms with E-state index in [9.17, 15) is 4.79 Å². The van der Waals surface area contributed by atoms with Gasteiger partial charge in [-0.3, -0.25) is 0 Å². The summed E-state index contributed by atoms with van der Waals surface area (Å²) in [6, 6.07) is 8.94. The van der Waals surface area contributed by atoms with E-state index in [-0.39, 0.29) is 11.6 Å². The highest BCUT2D eigenvalue weighted by atomic mass is 79.9. The van der Waals surface area contributed by atoms with Crippen LogP contribution in [0.15, 0.2) is 44.1 Å². The van der Waals surface area contributed by atoms with E-state index in [2.05, 4.69) is 36.0 Å². The van der Waals surface area contributed by atoms with Gasteiger partial charge in [-0.1, -0.05) is 21.1 Å². The summed E-state index contributed by atoms with van der Waals surface area (Å²) in [6.45, 7) is 0. The van der Waals surface area contributed by atoms with Crippen LogP contribution in [-0.4, -0.2) is 34.3 Å². The average Bonchev–Trinajstić information content (AvgIpc) is 3.26. The molecule has 132 valence electrons. The Bertz CT molecular complexity index is 1160. The standard InChI is InChI=1S/C17H13BrN4O4/c1-24-12-4-3-8(5-13(12)25-2)15-21-16(26-22-15)10-6-9(18)7-11-14(10)20-17(23)19-11/h3-7H,1-2H3,(H2,19,20,23). The number of rotatable bonds is 4. The lowest BCUT2D eigenvalue weighted by Crippen LogP contribution is -1.99. The molecule has 0 unspecified atom stereocenters. The van der Waals surface area contributed by atoms with Crippen molar-refractivity contribution >= 4 is 27.0 Å². The van der Waals surface area contributed by atoms with E-state index in [0.717, 1.165) is 4.47 Å². The number of ether oxygens (including phenoxy) is 2. The van der Waals surface area contributed by atoms with Crippen molar-refractivity contribution in [3.63, 3.8) is 0 Å². The van der Waals surface area contributed by atoms with E-state index >= 15 is 0 Å². The Balaban J connectivity index is 1.81. The number of aromatic nitrogens is 4. The minimum absolute atomic E-state index is 0.288. The SMILES string of the molecule is COc1ccc(-c2noc(-c3cc(Br)cc4[nH]c(=O)[nH]c34)n2)cc1OC. The zero-order valence-electron chi connectivity index (χ0n) is 13.8. The van der Waals surface area contributed by atoms with Gasteiger partial charge in [0.15, 0.2) is 11.5 Å². The van der Waals surface area contributed by atoms with E-state index < -0.39 is 0 Å². The molecule has 4 rings (SSSR count). The number of aromatic amines is 2. The molecular formula is C17H13BrN4O4. The minimum Gasteiger partial charge on any atom is -0.493 e. The molecule has 0 atom stereocenters. The van der Waals surface area contributed by atoms with Gasteiger partial charge in [-0.05, 0) is 30.3 Å². The van der Waals surface area contributed by atoms with Gasteiger partial charge in [0.2, 0.25) is 5.82 Å². The van der Waals surface area contributed by atoms with Crippen molar-refractivity contribution < 1.29 is 14.0 Å². The van der Waals surface area contributed by atoms with Crippen molar-refractivity contribution in [3.05, 3.63) is 45.3 Å². The summed E-state index contributed by atoms with van der Waals surface area (Å²) in [5.74, 6) is 1.86. The first-order valence-corrected chi connectivity index (χ1v) is 8.36. The number of nitrogens with one attached hydrogen (secondary N) is 2. The largest absolute Gasteiger partial charge is 0.493 e. The molecular weight excluding hydrogens is 404 g/mol. The van der Waals surface area contributed by atoms with Crippen LogP contribution in [0.1, 0.15) is 0 Å². The van der Waals surface area contributed by atoms with Crippen LogP contribution in [0.3, 0.4) is 0 Å². The topological polar surface area (TPSA) is 106 Å². The predicted molar refractivity (Wildman–Crippen MR) is 98.5 cm³/mol. The Labute approximate surface area is 155 Å². The summed E-state index contributed by atoms with van der Waals surface area (Å²) in [7, 11) is 3.13. The summed E-state index contributed by atoms with van der Waals surface area (Å²) < 4.78 is 16.7. The molecule has 2 heterocycles. The van der Waals surface area contributed by atoms with Gasteiger partial charge in [0.05, 0.1) is 30.8 Å². The predicted octanol–water partition coefficient (Wildman–Crippen LogP) is 3.35. The second-order valence-electron chi connectivity index (χ2n) is 5.45. The lowest BCUT2D eigenvalue weighted by molar-refractivity contribution is 0.355. The normalized spacial score (nSPS) is 11.0. The van der Waals surface area contributed by atoms with Crippen LogP contribution in [0.2, 0.25) is 0 Å². The van der Waals surface area contributed by atoms with Crippen LogP contribution in [0, 0.1) is 0 Å². The molecule has 0 radical (unpaired) electrons. The summed E-state index contributed by atoms with van der Waals surface area (Å²) >= 11 is 3.42. The Hall–Kier alpha value is -3.07. The maximum atomic E-state index is 11.6. The number of imidazole rings is 1. The Kier molecular flexibility index (Phi) is 4.00. The van der Waals surface area contributed by atoms with Gasteiger partial charge in [0.1, 0.15) is 0 Å². The van der Waals surface area contributed by atoms with Crippen molar-refractivity contribution in [1.82, 2.24) is 20.1 Å². The second kappa shape index (κ2) is 6.34. The van der Waals surface area contributed by atoms with E-state index in [0.29, 0.717) is 39.5 Å². The van der Waals surface area contributed by atoms with Gasteiger partial charge in [-0.15, -0.1) is 0 Å². The van der Waals surface area contributed by atoms with Crippen molar-refractivity contribution in [2.45, 2.75) is 0 Å². The molecule has 0 aliphatic carbocycles. The molecule has 0 saturated heterocycles. The first kappa shape index (κ1) is 16.4. The van der Waals surface area contributed by atoms with Crippen molar-refractivity contribution in [1.29, 1.82) is 0 Å². The molecule has 0 fully saturated rings. The van der Waals surface area contributed by atoms with Gasteiger partial charge in [0, 0.05) is 10.0 Å². The molecule has 26 heavy (non-hydrogen) atoms. The molecule has 0 spiro atoms. The van der Waals surface area contributed by atoms with Crippen molar-refractivity contribution in [2.75, 3.05) is 14.2 Å². The molecule has 0 aliphatic rings. The van der Waals surface area contributed by atoms with Crippen LogP contribution in [0.25, 0.3) is 33.9 Å². The monoisotopic (exact) mass is 416 g/mol. The van der Waals surface area contributed by atoms with E-state index in [1.54, 1.807) is 38.5 Å². The van der Waals surface area contributed by atoms with Crippen LogP contribution < -0.4 is 15.2 Å². The highest BCUT2D eigenvalue weighted by Crippen LogP contribution is 2.33. The molecule has 2 aromatic carbocycles. The third kappa shape index (κ3) is 2.76. The molecule has 2 N–H and O–H groups in total. The Morgan fingerprint density at radius 3 is 2.65 bits per heavy atom. The second-order valence-corrected chi connectivity index (χ2v) is 6.36. The van der Waals surface area contributed by atoms with Crippen LogP contribution >= 0.6 is 15.9 Å². The van der Waals surface area contributed by atoms with E-state index in [4.69, 9.17) is 14.0 Å². The molecule has 0 saturated carbocycles. The number of methoxy groups -OCH3 is 2. The molecule has 8 nitrogen and oxygen atoms in total. The van der Waals surface area contributed by atoms with Gasteiger partial charge >= 0.3 is 5.69 Å². The third-order valence-electron chi connectivity index (χ3n) is 3.89. The number of hydrogen-bond donors (Lipinski definition) is 2. The van der Waals surface area contributed by atoms with Crippen LogP contribution in [0.5, 0.6) is 11.5 Å². The van der Waals surface area contributed by atoms with E-state index in [1.165, 1.54) is 0 Å². The van der Waals surface area contributed by atoms with Gasteiger partial charge in [-0.2, -0.15) is 4.98 Å². The summed E-state index contributed by atoms with van der Waals surface area (Å²) in [6.07, 6.45) is 0. The molecule has 2 aromatic heterocycles. The fourth-order valence-electron chi connectivity index (χ4n) is 2.70. The molecule has 4 aromatic rings. The first-order chi connectivity index (χ1) is 12.6. The molecule has 9 heteroatoms. The highest BCUT2D eigenvalue weighted by Gasteiger charge is 2.17. The number of H-pyrrole nitrogens is 2. The minimum atomic E-state index is -0.307. The fourth-order valence-corrected chi connectivity index (χ4v) is 3.16. The van der Waals surface area contributed by atoms with E-state index in [1.807, 2.05) is 6.07 Å². The lowest BCUT2D eigenvalue weighted by atomic mass is 10.1. The fraction of sp³-hybridized carbons (Fsp3) is 0.118. The van der Waals surface area contributed by atoms with Gasteiger partial charge in [-0.25, -0.2) is 4.79 Å². The van der Waals surface area contributed by atoms with Crippen LogP contribution in [-0.2, 0) is 0 Å². The zero-order chi connectivity index (χ0) is 18.3. The molecule has 0 bridgehead atoms. The lowest BCUT2D eigenvalue weighted by Gasteiger charge is -2.07. The van der Waals surface area contributed by atoms with Crippen LogP contribution in [0.4, 0.5) is 0 Å². The molecule has 0 amide bonds. The Morgan fingerprint density at radius 2 is 1.88 bits per heavy atom. The summed E-state index contributed by atoms with van der Waals surface area (Å²) in [5, 5.41) is 4.04. The smallest absolute Gasteiger partial charge is 0.323 e. The first-order valence-electron chi connectivity index (χ1n) is 7.57. The van der Waals surface area contributed by atoms with Crippen molar-refractivity contribution in [2.24, 2.45) is 0 Å². The van der Waals surface area contributed by atoms with Gasteiger partial charge in [0.25, 0.3) is 5.89 Å². The zero-order valence-corrected chi connectivity index (χ0v) is 15.4. The molecule has 0 aliphatic heterocycles. The summed E-state index contributed by atoms with van der Waals surface area (Å²) in [4.78, 5) is 21.5. The van der Waals surface area contributed by atoms with Crippen molar-refractivity contribution in [3.8, 4) is 34.3 Å². The third-order valence-corrected chi connectivity index (χ3v) is 4.35. The maximum absolute atomic E-state index is 11.6. The average molecular weight is 417 g/mol. The number of benzene rings is 2. The highest BCUT2D eigenvalue weighted by molar-refractivity contribution is 9.10. The number of halogens is 1. The number of hydrogen-bond acceptors (Lipinski definition) is 6. The van der Waals surface area contributed by atoms with Gasteiger partial charge < -0.3 is 24.0 Å². The quantitative estimate of drug-likeness (QED) is 0.528. The number of fused-ring (bicyclic) bond motifs is 1. The maximum Gasteiger partial charge on any atom is 0.323 e. The summed E-state index contributed by atoms with van der Waals surface area (Å²) in [5.41, 5.74) is 2.27. The number of nitrogens with zero attached hydrogens (tertiary/aromatic N) is 2. The Morgan fingerprint density at radius 1 is 1.08 bits per heavy atom.